The van der Waals surface area contributed by atoms with Gasteiger partial charge in [-0.15, -0.1) is 0 Å². The molecule has 1 aromatic rings. The molecule has 2 N–H and O–H groups in total. The Morgan fingerprint density at radius 1 is 1.19 bits per heavy atom. The van der Waals surface area contributed by atoms with Gasteiger partial charge in [0, 0.05) is 12.6 Å². The number of nitrogens with two attached hydrogens (primary N) is 1. The Balaban J connectivity index is 2.37. The lowest BCUT2D eigenvalue weighted by Gasteiger charge is -2.22. The molecule has 16 heavy (non-hydrogen) atoms. The van der Waals surface area contributed by atoms with Crippen molar-refractivity contribution in [3.63, 3.8) is 0 Å². The van der Waals surface area contributed by atoms with Crippen LogP contribution >= 0.6 is 0 Å². The fourth-order valence-corrected chi connectivity index (χ4v) is 1.74. The van der Waals surface area contributed by atoms with Crippen LogP contribution in [0.1, 0.15) is 32.3 Å². The number of benzene rings is 1. The van der Waals surface area contributed by atoms with Gasteiger partial charge in [0.25, 0.3) is 0 Å². The summed E-state index contributed by atoms with van der Waals surface area (Å²) < 4.78 is 0. The molecule has 1 aromatic carbocycles. The summed E-state index contributed by atoms with van der Waals surface area (Å²) >= 11 is 0. The second-order valence-corrected chi connectivity index (χ2v) is 4.31. The van der Waals surface area contributed by atoms with Gasteiger partial charge < -0.3 is 5.73 Å². The summed E-state index contributed by atoms with van der Waals surface area (Å²) in [5, 5.41) is 0. The predicted octanol–water partition coefficient (Wildman–Crippen LogP) is 2.64. The van der Waals surface area contributed by atoms with Crippen molar-refractivity contribution in [2.75, 3.05) is 13.1 Å². The minimum atomic E-state index is 0.352. The summed E-state index contributed by atoms with van der Waals surface area (Å²) in [5.74, 6) is 0. The molecule has 0 saturated heterocycles. The first-order valence-corrected chi connectivity index (χ1v) is 6.28. The molecule has 90 valence electrons. The molecular formula is C14H24N2. The molecule has 0 amide bonds. The lowest BCUT2D eigenvalue weighted by molar-refractivity contribution is 0.267. The molecule has 1 atom stereocenters. The van der Waals surface area contributed by atoms with Gasteiger partial charge in [-0.05, 0) is 31.5 Å². The Labute approximate surface area is 99.5 Å². The summed E-state index contributed by atoms with van der Waals surface area (Å²) in [5.41, 5.74) is 7.33. The summed E-state index contributed by atoms with van der Waals surface area (Å²) in [6.45, 7) is 7.58. The van der Waals surface area contributed by atoms with Gasteiger partial charge in [0.1, 0.15) is 0 Å². The van der Waals surface area contributed by atoms with Crippen LogP contribution in [0.25, 0.3) is 0 Å². The zero-order valence-corrected chi connectivity index (χ0v) is 10.5. The molecule has 0 radical (unpaired) electrons. The van der Waals surface area contributed by atoms with Crippen molar-refractivity contribution >= 4 is 0 Å². The van der Waals surface area contributed by atoms with Crippen LogP contribution < -0.4 is 5.73 Å². The van der Waals surface area contributed by atoms with E-state index in [1.54, 1.807) is 0 Å². The van der Waals surface area contributed by atoms with Crippen molar-refractivity contribution in [3.05, 3.63) is 35.9 Å². The molecule has 0 saturated carbocycles. The SMILES string of the molecule is CCC(N)CCN(CC)Cc1ccccc1. The van der Waals surface area contributed by atoms with E-state index < -0.39 is 0 Å². The van der Waals surface area contributed by atoms with Gasteiger partial charge >= 0.3 is 0 Å². The molecule has 2 heteroatoms. The first kappa shape index (κ1) is 13.2. The van der Waals surface area contributed by atoms with Crippen LogP contribution in [-0.2, 0) is 6.54 Å². The Hall–Kier alpha value is -0.860. The van der Waals surface area contributed by atoms with Crippen LogP contribution in [0.15, 0.2) is 30.3 Å². The number of rotatable bonds is 7. The van der Waals surface area contributed by atoms with E-state index in [1.807, 2.05) is 0 Å². The maximum atomic E-state index is 5.94. The molecular weight excluding hydrogens is 196 g/mol. The first-order chi connectivity index (χ1) is 7.76. The van der Waals surface area contributed by atoms with Crippen molar-refractivity contribution in [2.45, 2.75) is 39.3 Å². The van der Waals surface area contributed by atoms with E-state index in [-0.39, 0.29) is 0 Å². The van der Waals surface area contributed by atoms with Crippen LogP contribution in [0.3, 0.4) is 0 Å². The van der Waals surface area contributed by atoms with E-state index >= 15 is 0 Å². The molecule has 0 aliphatic carbocycles. The molecule has 1 unspecified atom stereocenters. The van der Waals surface area contributed by atoms with Crippen molar-refractivity contribution in [2.24, 2.45) is 5.73 Å². The largest absolute Gasteiger partial charge is 0.328 e. The highest BCUT2D eigenvalue weighted by Gasteiger charge is 2.05. The topological polar surface area (TPSA) is 29.3 Å². The van der Waals surface area contributed by atoms with Crippen LogP contribution in [0, 0.1) is 0 Å². The third-order valence-electron chi connectivity index (χ3n) is 3.04. The van der Waals surface area contributed by atoms with Gasteiger partial charge in [-0.25, -0.2) is 0 Å². The smallest absolute Gasteiger partial charge is 0.0233 e. The highest BCUT2D eigenvalue weighted by molar-refractivity contribution is 5.14. The summed E-state index contributed by atoms with van der Waals surface area (Å²) in [6.07, 6.45) is 2.17. The average Bonchev–Trinajstić information content (AvgIpc) is 2.35. The molecule has 0 aliphatic heterocycles. The monoisotopic (exact) mass is 220 g/mol. The Kier molecular flexibility index (Phi) is 6.12. The minimum absolute atomic E-state index is 0.352. The third-order valence-corrected chi connectivity index (χ3v) is 3.04. The van der Waals surface area contributed by atoms with E-state index in [9.17, 15) is 0 Å². The fraction of sp³-hybridized carbons (Fsp3) is 0.571. The van der Waals surface area contributed by atoms with Crippen molar-refractivity contribution < 1.29 is 0 Å². The highest BCUT2D eigenvalue weighted by Crippen LogP contribution is 2.05. The zero-order chi connectivity index (χ0) is 11.8. The fourth-order valence-electron chi connectivity index (χ4n) is 1.74. The summed E-state index contributed by atoms with van der Waals surface area (Å²) in [6, 6.07) is 11.0. The first-order valence-electron chi connectivity index (χ1n) is 6.28. The van der Waals surface area contributed by atoms with Crippen molar-refractivity contribution in [3.8, 4) is 0 Å². The van der Waals surface area contributed by atoms with Gasteiger partial charge in [-0.2, -0.15) is 0 Å². The van der Waals surface area contributed by atoms with E-state index in [2.05, 4.69) is 49.1 Å². The molecule has 0 spiro atoms. The molecule has 0 fully saturated rings. The van der Waals surface area contributed by atoms with Crippen molar-refractivity contribution in [1.82, 2.24) is 4.90 Å². The lowest BCUT2D eigenvalue weighted by atomic mass is 10.1. The van der Waals surface area contributed by atoms with Crippen LogP contribution in [-0.4, -0.2) is 24.0 Å². The van der Waals surface area contributed by atoms with Crippen LogP contribution in [0.4, 0.5) is 0 Å². The maximum Gasteiger partial charge on any atom is 0.0233 e. The van der Waals surface area contributed by atoms with Crippen LogP contribution in [0.2, 0.25) is 0 Å². The van der Waals surface area contributed by atoms with Gasteiger partial charge in [-0.3, -0.25) is 4.90 Å². The summed E-state index contributed by atoms with van der Waals surface area (Å²) in [7, 11) is 0. The Bertz CT molecular complexity index is 271. The summed E-state index contributed by atoms with van der Waals surface area (Å²) in [4.78, 5) is 2.45. The third kappa shape index (κ3) is 4.77. The lowest BCUT2D eigenvalue weighted by Crippen LogP contribution is -2.29. The van der Waals surface area contributed by atoms with E-state index in [0.717, 1.165) is 32.5 Å². The van der Waals surface area contributed by atoms with E-state index in [0.29, 0.717) is 6.04 Å². The Morgan fingerprint density at radius 2 is 1.88 bits per heavy atom. The molecule has 0 aromatic heterocycles. The van der Waals surface area contributed by atoms with E-state index in [1.165, 1.54) is 5.56 Å². The molecule has 0 aliphatic rings. The normalized spacial score (nSPS) is 13.0. The highest BCUT2D eigenvalue weighted by atomic mass is 15.1. The van der Waals surface area contributed by atoms with Gasteiger partial charge in [0.05, 0.1) is 0 Å². The predicted molar refractivity (Wildman–Crippen MR) is 70.3 cm³/mol. The van der Waals surface area contributed by atoms with Crippen LogP contribution in [0.5, 0.6) is 0 Å². The Morgan fingerprint density at radius 3 is 2.44 bits per heavy atom. The molecule has 1 rings (SSSR count). The molecule has 0 heterocycles. The molecule has 0 bridgehead atoms. The average molecular weight is 220 g/mol. The van der Waals surface area contributed by atoms with Gasteiger partial charge in [0.15, 0.2) is 0 Å². The van der Waals surface area contributed by atoms with E-state index in [4.69, 9.17) is 5.73 Å². The quantitative estimate of drug-likeness (QED) is 0.765. The molecule has 2 nitrogen and oxygen atoms in total. The number of hydrogen-bond donors (Lipinski definition) is 1. The van der Waals surface area contributed by atoms with Gasteiger partial charge in [0.2, 0.25) is 0 Å². The second kappa shape index (κ2) is 7.42. The second-order valence-electron chi connectivity index (χ2n) is 4.31. The zero-order valence-electron chi connectivity index (χ0n) is 10.5. The van der Waals surface area contributed by atoms with Gasteiger partial charge in [-0.1, -0.05) is 44.2 Å². The van der Waals surface area contributed by atoms with Crippen molar-refractivity contribution in [1.29, 1.82) is 0 Å². The maximum absolute atomic E-state index is 5.94. The minimum Gasteiger partial charge on any atom is -0.328 e. The standard InChI is InChI=1S/C14H24N2/c1-3-14(15)10-11-16(4-2)12-13-8-6-5-7-9-13/h5-9,14H,3-4,10-12,15H2,1-2H3. The number of hydrogen-bond acceptors (Lipinski definition) is 2. The number of nitrogens with zero attached hydrogens (tertiary/aromatic N) is 1.